The Hall–Kier alpha value is -1.29. The van der Waals surface area contributed by atoms with Crippen molar-refractivity contribution in [1.82, 2.24) is 15.0 Å². The Balaban J connectivity index is 2.91. The van der Waals surface area contributed by atoms with Crippen molar-refractivity contribution < 1.29 is 0 Å². The quantitative estimate of drug-likeness (QED) is 0.581. The SMILES string of the molecule is Nc1nc(Cl)c2[nH]ccc2n1. The molecule has 0 spiro atoms. The van der Waals surface area contributed by atoms with Crippen LogP contribution in [-0.4, -0.2) is 15.0 Å². The van der Waals surface area contributed by atoms with Gasteiger partial charge in [-0.15, -0.1) is 0 Å². The highest BCUT2D eigenvalue weighted by atomic mass is 35.5. The van der Waals surface area contributed by atoms with Gasteiger partial charge in [0, 0.05) is 6.20 Å². The van der Waals surface area contributed by atoms with Crippen LogP contribution in [0.3, 0.4) is 0 Å². The van der Waals surface area contributed by atoms with E-state index in [1.807, 2.05) is 0 Å². The predicted octanol–water partition coefficient (Wildman–Crippen LogP) is 1.19. The van der Waals surface area contributed by atoms with Gasteiger partial charge in [-0.3, -0.25) is 0 Å². The summed E-state index contributed by atoms with van der Waals surface area (Å²) in [5.74, 6) is 0.196. The standard InChI is InChI=1S/C6H5ClN4/c7-5-4-3(1-2-9-4)10-6(8)11-5/h1-2,9H,(H2,8,10,11). The van der Waals surface area contributed by atoms with Crippen LogP contribution in [0.5, 0.6) is 0 Å². The lowest BCUT2D eigenvalue weighted by Crippen LogP contribution is -1.94. The van der Waals surface area contributed by atoms with Gasteiger partial charge in [-0.1, -0.05) is 11.6 Å². The zero-order chi connectivity index (χ0) is 7.84. The van der Waals surface area contributed by atoms with Gasteiger partial charge in [-0.2, -0.15) is 4.98 Å². The number of rotatable bonds is 0. The molecule has 0 atom stereocenters. The van der Waals surface area contributed by atoms with E-state index in [4.69, 9.17) is 17.3 Å². The summed E-state index contributed by atoms with van der Waals surface area (Å²) in [6.45, 7) is 0. The maximum Gasteiger partial charge on any atom is 0.222 e. The topological polar surface area (TPSA) is 67.6 Å². The van der Waals surface area contributed by atoms with Gasteiger partial charge in [0.05, 0.1) is 5.52 Å². The molecule has 0 radical (unpaired) electrons. The average Bonchev–Trinajstić information content (AvgIpc) is 2.34. The van der Waals surface area contributed by atoms with Gasteiger partial charge in [0.1, 0.15) is 5.52 Å². The summed E-state index contributed by atoms with van der Waals surface area (Å²) in [4.78, 5) is 10.6. The van der Waals surface area contributed by atoms with Crippen molar-refractivity contribution in [1.29, 1.82) is 0 Å². The highest BCUT2D eigenvalue weighted by Crippen LogP contribution is 2.18. The van der Waals surface area contributed by atoms with Gasteiger partial charge in [0.15, 0.2) is 5.15 Å². The second kappa shape index (κ2) is 2.10. The highest BCUT2D eigenvalue weighted by molar-refractivity contribution is 6.33. The summed E-state index contributed by atoms with van der Waals surface area (Å²) < 4.78 is 0. The monoisotopic (exact) mass is 168 g/mol. The van der Waals surface area contributed by atoms with Crippen molar-refractivity contribution in [2.45, 2.75) is 0 Å². The Morgan fingerprint density at radius 3 is 3.09 bits per heavy atom. The molecule has 0 fully saturated rings. The number of nitrogens with one attached hydrogen (secondary N) is 1. The fraction of sp³-hybridized carbons (Fsp3) is 0. The van der Waals surface area contributed by atoms with Crippen molar-refractivity contribution in [2.75, 3.05) is 5.73 Å². The van der Waals surface area contributed by atoms with Crippen LogP contribution < -0.4 is 5.73 Å². The lowest BCUT2D eigenvalue weighted by Gasteiger charge is -1.93. The lowest BCUT2D eigenvalue weighted by atomic mass is 10.5. The molecule has 0 aliphatic carbocycles. The van der Waals surface area contributed by atoms with Crippen molar-refractivity contribution >= 4 is 28.6 Å². The first kappa shape index (κ1) is 6.42. The van der Waals surface area contributed by atoms with Crippen molar-refractivity contribution in [3.05, 3.63) is 17.4 Å². The number of aromatic amines is 1. The molecule has 5 heteroatoms. The fourth-order valence-corrected chi connectivity index (χ4v) is 1.16. The smallest absolute Gasteiger partial charge is 0.222 e. The van der Waals surface area contributed by atoms with E-state index in [1.165, 1.54) is 0 Å². The number of halogens is 1. The van der Waals surface area contributed by atoms with Crippen LogP contribution >= 0.6 is 11.6 Å². The first-order chi connectivity index (χ1) is 5.27. The predicted molar refractivity (Wildman–Crippen MR) is 43.3 cm³/mol. The number of nitrogens with two attached hydrogens (primary N) is 1. The summed E-state index contributed by atoms with van der Waals surface area (Å²) in [6.07, 6.45) is 1.74. The number of hydrogen-bond donors (Lipinski definition) is 2. The van der Waals surface area contributed by atoms with Crippen LogP contribution in [0.15, 0.2) is 12.3 Å². The van der Waals surface area contributed by atoms with E-state index in [-0.39, 0.29) is 5.95 Å². The number of anilines is 1. The summed E-state index contributed by atoms with van der Waals surface area (Å²) in [5, 5.41) is 0.359. The van der Waals surface area contributed by atoms with Gasteiger partial charge < -0.3 is 10.7 Å². The number of aromatic nitrogens is 3. The molecule has 0 saturated heterocycles. The molecule has 2 rings (SSSR count). The maximum atomic E-state index is 5.74. The summed E-state index contributed by atoms with van der Waals surface area (Å²) in [6, 6.07) is 1.79. The largest absolute Gasteiger partial charge is 0.368 e. The number of nitrogens with zero attached hydrogens (tertiary/aromatic N) is 2. The Kier molecular flexibility index (Phi) is 1.22. The molecule has 0 unspecified atom stereocenters. The Morgan fingerprint density at radius 1 is 1.45 bits per heavy atom. The summed E-state index contributed by atoms with van der Waals surface area (Å²) in [7, 11) is 0. The van der Waals surface area contributed by atoms with E-state index >= 15 is 0 Å². The minimum absolute atomic E-state index is 0.196. The van der Waals surface area contributed by atoms with Crippen LogP contribution in [-0.2, 0) is 0 Å². The van der Waals surface area contributed by atoms with Crippen LogP contribution in [0.1, 0.15) is 0 Å². The molecular weight excluding hydrogens is 164 g/mol. The zero-order valence-corrected chi connectivity index (χ0v) is 6.26. The molecule has 3 N–H and O–H groups in total. The third-order valence-electron chi connectivity index (χ3n) is 1.38. The van der Waals surface area contributed by atoms with Crippen LogP contribution in [0, 0.1) is 0 Å². The molecule has 0 aliphatic heterocycles. The molecule has 0 saturated carbocycles. The number of H-pyrrole nitrogens is 1. The van der Waals surface area contributed by atoms with Gasteiger partial charge in [-0.05, 0) is 6.07 Å². The second-order valence-corrected chi connectivity index (χ2v) is 2.47. The van der Waals surface area contributed by atoms with Crippen molar-refractivity contribution in [3.8, 4) is 0 Å². The second-order valence-electron chi connectivity index (χ2n) is 2.11. The number of fused-ring (bicyclic) bond motifs is 1. The first-order valence-electron chi connectivity index (χ1n) is 3.03. The minimum atomic E-state index is 0.196. The van der Waals surface area contributed by atoms with Crippen LogP contribution in [0.4, 0.5) is 5.95 Å². The summed E-state index contributed by atoms with van der Waals surface area (Å²) >= 11 is 5.74. The zero-order valence-electron chi connectivity index (χ0n) is 5.50. The lowest BCUT2D eigenvalue weighted by molar-refractivity contribution is 1.23. The van der Waals surface area contributed by atoms with Gasteiger partial charge in [0.2, 0.25) is 5.95 Å². The number of nitrogen functional groups attached to an aromatic ring is 1. The molecule has 0 aliphatic rings. The number of hydrogen-bond acceptors (Lipinski definition) is 3. The third-order valence-corrected chi connectivity index (χ3v) is 1.65. The average molecular weight is 169 g/mol. The van der Waals surface area contributed by atoms with Crippen LogP contribution in [0.2, 0.25) is 5.15 Å². The first-order valence-corrected chi connectivity index (χ1v) is 3.41. The van der Waals surface area contributed by atoms with E-state index in [1.54, 1.807) is 12.3 Å². The molecule has 4 nitrogen and oxygen atoms in total. The van der Waals surface area contributed by atoms with Gasteiger partial charge in [0.25, 0.3) is 0 Å². The van der Waals surface area contributed by atoms with E-state index in [2.05, 4.69) is 15.0 Å². The molecule has 0 aromatic carbocycles. The van der Waals surface area contributed by atoms with Crippen molar-refractivity contribution in [3.63, 3.8) is 0 Å². The minimum Gasteiger partial charge on any atom is -0.368 e. The third kappa shape index (κ3) is 0.914. The molecule has 0 amide bonds. The highest BCUT2D eigenvalue weighted by Gasteiger charge is 2.02. The van der Waals surface area contributed by atoms with E-state index in [0.717, 1.165) is 11.0 Å². The molecule has 2 aromatic heterocycles. The molecule has 2 aromatic rings. The van der Waals surface area contributed by atoms with E-state index in [9.17, 15) is 0 Å². The molecular formula is C6H5ClN4. The maximum absolute atomic E-state index is 5.74. The molecule has 0 bridgehead atoms. The summed E-state index contributed by atoms with van der Waals surface area (Å²) in [5.41, 5.74) is 6.82. The normalized spacial score (nSPS) is 10.6. The van der Waals surface area contributed by atoms with Gasteiger partial charge >= 0.3 is 0 Å². The van der Waals surface area contributed by atoms with E-state index < -0.39 is 0 Å². The Bertz CT molecular complexity index is 394. The van der Waals surface area contributed by atoms with Crippen molar-refractivity contribution in [2.24, 2.45) is 0 Å². The fourth-order valence-electron chi connectivity index (χ4n) is 0.924. The molecule has 2 heterocycles. The molecule has 11 heavy (non-hydrogen) atoms. The Labute approximate surface area is 67.4 Å². The van der Waals surface area contributed by atoms with E-state index in [0.29, 0.717) is 5.15 Å². The Morgan fingerprint density at radius 2 is 2.27 bits per heavy atom. The molecule has 56 valence electrons. The van der Waals surface area contributed by atoms with Crippen LogP contribution in [0.25, 0.3) is 11.0 Å². The van der Waals surface area contributed by atoms with Gasteiger partial charge in [-0.25, -0.2) is 4.98 Å².